The molecule has 0 amide bonds. The van der Waals surface area contributed by atoms with Crippen LogP contribution in [0, 0.1) is 5.82 Å². The number of rotatable bonds is 11. The number of esters is 2. The molecular weight excluding hydrogens is 735 g/mol. The van der Waals surface area contributed by atoms with Crippen molar-refractivity contribution < 1.29 is 28.2 Å². The number of carbonyl (C=O) groups excluding carboxylic acids is 2. The van der Waals surface area contributed by atoms with Gasteiger partial charge in [0, 0.05) is 12.0 Å². The maximum atomic E-state index is 13.1. The molecule has 7 nitrogen and oxygen atoms in total. The number of aromatic nitrogens is 2. The maximum Gasteiger partial charge on any atom is 0.350 e. The second-order valence-corrected chi connectivity index (χ2v) is 13.4. The minimum absolute atomic E-state index is 0.0172. The minimum atomic E-state index is -0.516. The fourth-order valence-corrected chi connectivity index (χ4v) is 6.45. The number of carbonyl (C=O) groups is 2. The Bertz CT molecular complexity index is 1500. The smallest absolute Gasteiger partial charge is 0.350 e. The zero-order valence-electron chi connectivity index (χ0n) is 23.0. The summed E-state index contributed by atoms with van der Waals surface area (Å²) >= 11 is 14.8. The predicted octanol–water partition coefficient (Wildman–Crippen LogP) is 9.39. The number of hydrogen-bond donors (Lipinski definition) is 0. The van der Waals surface area contributed by atoms with E-state index < -0.39 is 11.8 Å². The number of benzene rings is 2. The highest BCUT2D eigenvalue weighted by Gasteiger charge is 2.21. The van der Waals surface area contributed by atoms with Crippen molar-refractivity contribution in [3.8, 4) is 17.0 Å². The number of thiazole rings is 2. The molecule has 0 fully saturated rings. The van der Waals surface area contributed by atoms with Crippen LogP contribution in [0.4, 0.5) is 4.39 Å². The molecule has 2 aromatic carbocycles. The van der Waals surface area contributed by atoms with E-state index in [1.807, 2.05) is 24.3 Å². The SMILES string of the molecule is CCCCOc1ccc(Cc2nc(Br)sc2C(=O)OCC)cc1.CCOC(=O)c1sc(Br)nc1-c1ccc(F)c(Cl)c1. The molecule has 0 aliphatic rings. The van der Waals surface area contributed by atoms with E-state index in [1.54, 1.807) is 13.8 Å². The Morgan fingerprint density at radius 1 is 0.905 bits per heavy atom. The van der Waals surface area contributed by atoms with Gasteiger partial charge in [0.05, 0.1) is 36.2 Å². The van der Waals surface area contributed by atoms with Crippen LogP contribution in [0.1, 0.15) is 64.2 Å². The lowest BCUT2D eigenvalue weighted by Crippen LogP contribution is -2.06. The first-order chi connectivity index (χ1) is 20.2. The second-order valence-electron chi connectivity index (χ2n) is 8.48. The van der Waals surface area contributed by atoms with Crippen LogP contribution in [0.15, 0.2) is 50.3 Å². The van der Waals surface area contributed by atoms with Crippen LogP contribution in [-0.4, -0.2) is 41.7 Å². The highest BCUT2D eigenvalue weighted by atomic mass is 79.9. The van der Waals surface area contributed by atoms with Crippen LogP contribution in [0.25, 0.3) is 11.3 Å². The zero-order chi connectivity index (χ0) is 30.6. The van der Waals surface area contributed by atoms with E-state index in [9.17, 15) is 14.0 Å². The van der Waals surface area contributed by atoms with Crippen LogP contribution in [0.5, 0.6) is 5.75 Å². The number of halogens is 4. The summed E-state index contributed by atoms with van der Waals surface area (Å²) in [5, 5.41) is -0.0172. The first kappa shape index (κ1) is 34.1. The van der Waals surface area contributed by atoms with Gasteiger partial charge >= 0.3 is 11.9 Å². The van der Waals surface area contributed by atoms with Gasteiger partial charge in [0.2, 0.25) is 0 Å². The predicted molar refractivity (Wildman–Crippen MR) is 172 cm³/mol. The second kappa shape index (κ2) is 17.0. The molecule has 0 aliphatic carbocycles. The lowest BCUT2D eigenvalue weighted by atomic mass is 10.1. The maximum absolute atomic E-state index is 13.1. The summed E-state index contributed by atoms with van der Waals surface area (Å²) in [5.74, 6) is -0.420. The number of unbranched alkanes of at least 4 members (excludes halogenated alkanes) is 1. The Balaban J connectivity index is 0.000000235. The van der Waals surface area contributed by atoms with E-state index in [0.29, 0.717) is 41.9 Å². The Labute approximate surface area is 273 Å². The van der Waals surface area contributed by atoms with Gasteiger partial charge in [-0.3, -0.25) is 0 Å². The molecule has 0 saturated carbocycles. The minimum Gasteiger partial charge on any atom is -0.494 e. The van der Waals surface area contributed by atoms with Crippen molar-refractivity contribution in [2.45, 2.75) is 40.0 Å². The van der Waals surface area contributed by atoms with Gasteiger partial charge in [0.25, 0.3) is 0 Å². The van der Waals surface area contributed by atoms with Crippen molar-refractivity contribution >= 4 is 78.1 Å². The highest BCUT2D eigenvalue weighted by molar-refractivity contribution is 9.11. The number of hydrogen-bond acceptors (Lipinski definition) is 9. The van der Waals surface area contributed by atoms with Crippen molar-refractivity contribution in [1.82, 2.24) is 9.97 Å². The van der Waals surface area contributed by atoms with Crippen LogP contribution >= 0.6 is 66.1 Å². The standard InChI is InChI=1S/C17H20BrNO3S.C12H8BrClFNO2S/c1-3-5-10-22-13-8-6-12(7-9-13)11-14-15(16(20)21-4-2)23-17(18)19-14;1-2-18-11(17)10-9(16-12(13)19-10)6-3-4-8(15)7(14)5-6/h6-9H,3-5,10-11H2,1-2H3;3-5H,2H2,1H3. The zero-order valence-corrected chi connectivity index (χ0v) is 28.6. The largest absolute Gasteiger partial charge is 0.494 e. The first-order valence-corrected chi connectivity index (χ1v) is 16.6. The Hall–Kier alpha value is -2.38. The molecule has 4 aromatic rings. The third kappa shape index (κ3) is 9.84. The van der Waals surface area contributed by atoms with E-state index in [0.717, 1.165) is 47.8 Å². The van der Waals surface area contributed by atoms with Crippen molar-refractivity contribution in [1.29, 1.82) is 0 Å². The lowest BCUT2D eigenvalue weighted by molar-refractivity contribution is 0.0522. The molecule has 0 aliphatic heterocycles. The van der Waals surface area contributed by atoms with Gasteiger partial charge < -0.3 is 14.2 Å². The van der Waals surface area contributed by atoms with Crippen LogP contribution in [0.2, 0.25) is 5.02 Å². The van der Waals surface area contributed by atoms with Crippen LogP contribution in [0.3, 0.4) is 0 Å². The fraction of sp³-hybridized carbons (Fsp3) is 0.310. The number of nitrogens with zero attached hydrogens (tertiary/aromatic N) is 2. The lowest BCUT2D eigenvalue weighted by Gasteiger charge is -2.06. The van der Waals surface area contributed by atoms with Crippen LogP contribution < -0.4 is 4.74 Å². The van der Waals surface area contributed by atoms with Crippen molar-refractivity contribution in [3.05, 3.63) is 82.1 Å². The van der Waals surface area contributed by atoms with Gasteiger partial charge in [-0.25, -0.2) is 23.9 Å². The molecule has 2 aromatic heterocycles. The fourth-order valence-electron chi connectivity index (χ4n) is 3.50. The Morgan fingerprint density at radius 3 is 2.14 bits per heavy atom. The molecule has 13 heteroatoms. The summed E-state index contributed by atoms with van der Waals surface area (Å²) in [6, 6.07) is 12.1. The third-order valence-corrected chi connectivity index (χ3v) is 8.75. The summed E-state index contributed by atoms with van der Waals surface area (Å²) in [4.78, 5) is 33.3. The van der Waals surface area contributed by atoms with Gasteiger partial charge in [0.1, 0.15) is 21.3 Å². The molecule has 0 saturated heterocycles. The molecule has 42 heavy (non-hydrogen) atoms. The molecule has 2 heterocycles. The summed E-state index contributed by atoms with van der Waals surface area (Å²) in [5.41, 5.74) is 2.81. The van der Waals surface area contributed by atoms with E-state index in [4.69, 9.17) is 25.8 Å². The van der Waals surface area contributed by atoms with Crippen molar-refractivity contribution in [2.75, 3.05) is 19.8 Å². The topological polar surface area (TPSA) is 87.6 Å². The van der Waals surface area contributed by atoms with E-state index >= 15 is 0 Å². The molecule has 0 atom stereocenters. The molecule has 224 valence electrons. The summed E-state index contributed by atoms with van der Waals surface area (Å²) in [6.45, 7) is 7.03. The van der Waals surface area contributed by atoms with Crippen molar-refractivity contribution in [3.63, 3.8) is 0 Å². The van der Waals surface area contributed by atoms with Gasteiger partial charge in [-0.2, -0.15) is 0 Å². The average molecular weight is 763 g/mol. The normalized spacial score (nSPS) is 10.5. The third-order valence-electron chi connectivity index (χ3n) is 5.45. The first-order valence-electron chi connectivity index (χ1n) is 13.0. The number of ether oxygens (including phenoxy) is 3. The molecule has 4 rings (SSSR count). The van der Waals surface area contributed by atoms with E-state index in [-0.39, 0.29) is 17.6 Å². The molecule has 0 bridgehead atoms. The van der Waals surface area contributed by atoms with Gasteiger partial charge in [-0.05, 0) is 88.0 Å². The molecular formula is C29H28Br2ClFN2O5S2. The van der Waals surface area contributed by atoms with Gasteiger partial charge in [0.15, 0.2) is 7.83 Å². The Morgan fingerprint density at radius 2 is 1.52 bits per heavy atom. The van der Waals surface area contributed by atoms with E-state index in [2.05, 4.69) is 48.8 Å². The quantitative estimate of drug-likeness (QED) is 0.111. The van der Waals surface area contributed by atoms with Gasteiger partial charge in [-0.15, -0.1) is 0 Å². The Kier molecular flexibility index (Phi) is 13.8. The summed E-state index contributed by atoms with van der Waals surface area (Å²) < 4.78 is 30.1. The summed E-state index contributed by atoms with van der Waals surface area (Å²) in [6.07, 6.45) is 2.76. The monoisotopic (exact) mass is 760 g/mol. The summed E-state index contributed by atoms with van der Waals surface area (Å²) in [7, 11) is 0. The van der Waals surface area contributed by atoms with Crippen molar-refractivity contribution in [2.24, 2.45) is 0 Å². The van der Waals surface area contributed by atoms with Gasteiger partial charge in [-0.1, -0.05) is 59.8 Å². The molecule has 0 spiro atoms. The van der Waals surface area contributed by atoms with E-state index in [1.165, 1.54) is 29.5 Å². The average Bonchev–Trinajstić information content (AvgIpc) is 3.54. The molecule has 0 N–H and O–H groups in total. The van der Waals surface area contributed by atoms with Crippen LogP contribution in [-0.2, 0) is 15.9 Å². The highest BCUT2D eigenvalue weighted by Crippen LogP contribution is 2.33. The molecule has 0 radical (unpaired) electrons. The molecule has 0 unspecified atom stereocenters.